The number of nitrogens with zero attached hydrogens (tertiary/aromatic N) is 1. The van der Waals surface area contributed by atoms with Gasteiger partial charge in [0.05, 0.1) is 21.6 Å². The van der Waals surface area contributed by atoms with Crippen molar-refractivity contribution in [3.63, 3.8) is 0 Å². The normalized spacial score (nSPS) is 12.3. The zero-order valence-electron chi connectivity index (χ0n) is 17.0. The highest BCUT2D eigenvalue weighted by molar-refractivity contribution is 7.92. The van der Waals surface area contributed by atoms with Crippen LogP contribution in [0.25, 0.3) is 0 Å². The molecule has 0 bridgehead atoms. The summed E-state index contributed by atoms with van der Waals surface area (Å²) in [5.74, 6) is -0.460. The second-order valence-electron chi connectivity index (χ2n) is 7.12. The molecule has 1 atom stereocenters. The first-order valence-corrected chi connectivity index (χ1v) is 11.8. The molecule has 0 unspecified atom stereocenters. The van der Waals surface area contributed by atoms with E-state index in [0.717, 1.165) is 15.4 Å². The Balaban J connectivity index is 1.91. The molecule has 162 valence electrons. The largest absolute Gasteiger partial charge is 0.348 e. The molecule has 0 heterocycles. The monoisotopic (exact) mass is 476 g/mol. The van der Waals surface area contributed by atoms with Crippen LogP contribution < -0.4 is 9.62 Å². The van der Waals surface area contributed by atoms with Crippen molar-refractivity contribution < 1.29 is 13.2 Å². The van der Waals surface area contributed by atoms with Gasteiger partial charge in [-0.1, -0.05) is 71.2 Å². The molecule has 0 aliphatic carbocycles. The van der Waals surface area contributed by atoms with Gasteiger partial charge < -0.3 is 5.32 Å². The van der Waals surface area contributed by atoms with Crippen LogP contribution in [0.15, 0.2) is 77.7 Å². The quantitative estimate of drug-likeness (QED) is 0.497. The Morgan fingerprint density at radius 1 is 1.00 bits per heavy atom. The van der Waals surface area contributed by atoms with Gasteiger partial charge in [0.1, 0.15) is 6.54 Å². The Morgan fingerprint density at radius 3 is 2.26 bits per heavy atom. The summed E-state index contributed by atoms with van der Waals surface area (Å²) in [5, 5.41) is 3.35. The fourth-order valence-corrected chi connectivity index (χ4v) is 5.08. The van der Waals surface area contributed by atoms with Crippen molar-refractivity contribution in [3.8, 4) is 0 Å². The number of benzene rings is 3. The van der Waals surface area contributed by atoms with Gasteiger partial charge in [-0.2, -0.15) is 0 Å². The third-order valence-corrected chi connectivity index (χ3v) is 7.06. The average molecular weight is 477 g/mol. The minimum Gasteiger partial charge on any atom is -0.348 e. The van der Waals surface area contributed by atoms with Gasteiger partial charge in [0.15, 0.2) is 0 Å². The molecule has 0 aromatic heterocycles. The average Bonchev–Trinajstić information content (AvgIpc) is 2.73. The van der Waals surface area contributed by atoms with Gasteiger partial charge >= 0.3 is 0 Å². The van der Waals surface area contributed by atoms with E-state index in [1.54, 1.807) is 18.2 Å². The molecule has 3 aromatic rings. The predicted octanol–water partition coefficient (Wildman–Crippen LogP) is 5.37. The van der Waals surface area contributed by atoms with Crippen molar-refractivity contribution in [3.05, 3.63) is 94.0 Å². The van der Waals surface area contributed by atoms with E-state index in [2.05, 4.69) is 5.32 Å². The van der Waals surface area contributed by atoms with E-state index >= 15 is 0 Å². The van der Waals surface area contributed by atoms with E-state index in [-0.39, 0.29) is 21.6 Å². The number of hydrogen-bond acceptors (Lipinski definition) is 3. The van der Waals surface area contributed by atoms with Crippen LogP contribution in [0.1, 0.15) is 24.1 Å². The van der Waals surface area contributed by atoms with E-state index in [4.69, 9.17) is 23.2 Å². The fraction of sp³-hybridized carbons (Fsp3) is 0.174. The highest BCUT2D eigenvalue weighted by Gasteiger charge is 2.29. The molecule has 0 aliphatic rings. The van der Waals surface area contributed by atoms with Crippen LogP contribution in [-0.4, -0.2) is 20.9 Å². The van der Waals surface area contributed by atoms with Crippen LogP contribution in [0.3, 0.4) is 0 Å². The lowest BCUT2D eigenvalue weighted by molar-refractivity contribution is -0.120. The first-order valence-electron chi connectivity index (χ1n) is 9.57. The Bertz CT molecular complexity index is 1170. The van der Waals surface area contributed by atoms with Gasteiger partial charge in [0.25, 0.3) is 10.0 Å². The molecule has 3 aromatic carbocycles. The van der Waals surface area contributed by atoms with Gasteiger partial charge in [-0.25, -0.2) is 8.42 Å². The first kappa shape index (κ1) is 23.1. The number of halogens is 2. The third-order valence-electron chi connectivity index (χ3n) is 4.75. The van der Waals surface area contributed by atoms with Crippen molar-refractivity contribution in [2.75, 3.05) is 10.8 Å². The first-order chi connectivity index (χ1) is 14.7. The summed E-state index contributed by atoms with van der Waals surface area (Å²) in [7, 11) is -4.05. The number of rotatable bonds is 7. The van der Waals surface area contributed by atoms with E-state index in [9.17, 15) is 13.2 Å². The molecule has 8 heteroatoms. The Morgan fingerprint density at radius 2 is 1.65 bits per heavy atom. The summed E-state index contributed by atoms with van der Waals surface area (Å²) in [6.45, 7) is 3.39. The van der Waals surface area contributed by atoms with Crippen LogP contribution in [0.2, 0.25) is 10.0 Å². The van der Waals surface area contributed by atoms with Crippen LogP contribution in [0.5, 0.6) is 0 Å². The smallest absolute Gasteiger partial charge is 0.264 e. The van der Waals surface area contributed by atoms with Crippen LogP contribution in [0.4, 0.5) is 5.69 Å². The third kappa shape index (κ3) is 5.58. The summed E-state index contributed by atoms with van der Waals surface area (Å²) in [6.07, 6.45) is 0. The minimum atomic E-state index is -4.05. The molecular formula is C23H22Cl2N2O3S. The van der Waals surface area contributed by atoms with E-state index in [1.807, 2.05) is 38.1 Å². The summed E-state index contributed by atoms with van der Waals surface area (Å²) in [4.78, 5) is 12.9. The highest BCUT2D eigenvalue weighted by Crippen LogP contribution is 2.32. The molecule has 3 rings (SSSR count). The Hall–Kier alpha value is -2.54. The second-order valence-corrected chi connectivity index (χ2v) is 9.83. The van der Waals surface area contributed by atoms with Crippen LogP contribution >= 0.6 is 23.2 Å². The summed E-state index contributed by atoms with van der Waals surface area (Å²) in [6, 6.07) is 19.8. The number of sulfonamides is 1. The van der Waals surface area contributed by atoms with Gasteiger partial charge in [0, 0.05) is 5.02 Å². The van der Waals surface area contributed by atoms with Gasteiger partial charge in [0.2, 0.25) is 5.91 Å². The van der Waals surface area contributed by atoms with Gasteiger partial charge in [-0.05, 0) is 49.7 Å². The molecule has 0 saturated carbocycles. The number of carbonyl (C=O) groups is 1. The Labute approximate surface area is 192 Å². The minimum absolute atomic E-state index is 0.0559. The van der Waals surface area contributed by atoms with Crippen molar-refractivity contribution in [2.24, 2.45) is 0 Å². The van der Waals surface area contributed by atoms with Crippen molar-refractivity contribution in [1.82, 2.24) is 5.32 Å². The van der Waals surface area contributed by atoms with Crippen molar-refractivity contribution in [1.29, 1.82) is 0 Å². The standard InChI is InChI=1S/C23H22Cl2N2O3S/c1-16-8-10-18(11-9-16)17(2)26-23(28)15-27(22-13-12-19(24)14-21(22)25)31(29,30)20-6-4-3-5-7-20/h3-14,17H,15H2,1-2H3,(H,26,28)/t17-/m0/s1. The molecule has 1 N–H and O–H groups in total. The molecule has 1 amide bonds. The maximum absolute atomic E-state index is 13.4. The maximum atomic E-state index is 13.4. The molecular weight excluding hydrogens is 455 g/mol. The molecule has 0 radical (unpaired) electrons. The summed E-state index contributed by atoms with van der Waals surface area (Å²) < 4.78 is 27.7. The lowest BCUT2D eigenvalue weighted by Gasteiger charge is -2.26. The van der Waals surface area contributed by atoms with E-state index < -0.39 is 22.5 Å². The lowest BCUT2D eigenvalue weighted by atomic mass is 10.1. The van der Waals surface area contributed by atoms with E-state index in [1.165, 1.54) is 30.3 Å². The maximum Gasteiger partial charge on any atom is 0.264 e. The predicted molar refractivity (Wildman–Crippen MR) is 125 cm³/mol. The number of anilines is 1. The lowest BCUT2D eigenvalue weighted by Crippen LogP contribution is -2.41. The summed E-state index contributed by atoms with van der Waals surface area (Å²) >= 11 is 12.3. The molecule has 0 spiro atoms. The zero-order valence-corrected chi connectivity index (χ0v) is 19.4. The SMILES string of the molecule is Cc1ccc([C@H](C)NC(=O)CN(c2ccc(Cl)cc2Cl)S(=O)(=O)c2ccccc2)cc1. The van der Waals surface area contributed by atoms with Crippen LogP contribution in [-0.2, 0) is 14.8 Å². The zero-order chi connectivity index (χ0) is 22.6. The summed E-state index contributed by atoms with van der Waals surface area (Å²) in [5.41, 5.74) is 2.20. The molecule has 5 nitrogen and oxygen atoms in total. The molecule has 0 fully saturated rings. The van der Waals surface area contributed by atoms with E-state index in [0.29, 0.717) is 5.02 Å². The Kier molecular flexibility index (Phi) is 7.26. The van der Waals surface area contributed by atoms with Crippen LogP contribution in [0, 0.1) is 6.92 Å². The molecule has 0 saturated heterocycles. The molecule has 0 aliphatic heterocycles. The van der Waals surface area contributed by atoms with Crippen molar-refractivity contribution in [2.45, 2.75) is 24.8 Å². The number of aryl methyl sites for hydroxylation is 1. The number of amides is 1. The number of carbonyl (C=O) groups excluding carboxylic acids is 1. The highest BCUT2D eigenvalue weighted by atomic mass is 35.5. The fourth-order valence-electron chi connectivity index (χ4n) is 3.06. The van der Waals surface area contributed by atoms with Crippen molar-refractivity contribution >= 4 is 44.8 Å². The number of nitrogens with one attached hydrogen (secondary N) is 1. The molecule has 31 heavy (non-hydrogen) atoms. The topological polar surface area (TPSA) is 66.5 Å². The van der Waals surface area contributed by atoms with Gasteiger partial charge in [-0.3, -0.25) is 9.10 Å². The van der Waals surface area contributed by atoms with Gasteiger partial charge in [-0.15, -0.1) is 0 Å². The number of hydrogen-bond donors (Lipinski definition) is 1. The second kappa shape index (κ2) is 9.73.